The van der Waals surface area contributed by atoms with Crippen LogP contribution in [0, 0.1) is 0 Å². The zero-order valence-corrected chi connectivity index (χ0v) is 12.8. The number of carbonyl (C=O) groups is 1. The normalized spacial score (nSPS) is 10.5. The average Bonchev–Trinajstić information content (AvgIpc) is 2.60. The average molecular weight is 307 g/mol. The predicted octanol–water partition coefficient (Wildman–Crippen LogP) is 3.42. The predicted molar refractivity (Wildman–Crippen MR) is 89.3 cm³/mol. The summed E-state index contributed by atoms with van der Waals surface area (Å²) in [4.78, 5) is 20.7. The fourth-order valence-electron chi connectivity index (χ4n) is 2.39. The maximum Gasteiger partial charge on any atom is 0.341 e. The number of anilines is 1. The molecule has 2 aromatic heterocycles. The molecule has 1 N–H and O–H groups in total. The van der Waals surface area contributed by atoms with Crippen LogP contribution in [0.15, 0.2) is 55.0 Å². The Balaban J connectivity index is 2.00. The largest absolute Gasteiger partial charge is 0.462 e. The molecule has 0 radical (unpaired) electrons. The van der Waals surface area contributed by atoms with Gasteiger partial charge in [0.2, 0.25) is 0 Å². The summed E-state index contributed by atoms with van der Waals surface area (Å²) < 4.78 is 5.14. The zero-order chi connectivity index (χ0) is 16.1. The van der Waals surface area contributed by atoms with Crippen LogP contribution in [-0.4, -0.2) is 22.5 Å². The second-order valence-corrected chi connectivity index (χ2v) is 5.00. The highest BCUT2D eigenvalue weighted by Crippen LogP contribution is 2.27. The van der Waals surface area contributed by atoms with Crippen molar-refractivity contribution in [2.45, 2.75) is 13.5 Å². The lowest BCUT2D eigenvalue weighted by Crippen LogP contribution is -2.11. The van der Waals surface area contributed by atoms with Gasteiger partial charge in [0.1, 0.15) is 5.56 Å². The van der Waals surface area contributed by atoms with E-state index < -0.39 is 0 Å². The smallest absolute Gasteiger partial charge is 0.341 e. The molecule has 0 aliphatic carbocycles. The number of nitrogens with zero attached hydrogens (tertiary/aromatic N) is 2. The van der Waals surface area contributed by atoms with Gasteiger partial charge in [0.05, 0.1) is 17.8 Å². The summed E-state index contributed by atoms with van der Waals surface area (Å²) >= 11 is 0. The molecular weight excluding hydrogens is 290 g/mol. The third-order valence-corrected chi connectivity index (χ3v) is 3.46. The summed E-state index contributed by atoms with van der Waals surface area (Å²) in [6.45, 7) is 2.68. The monoisotopic (exact) mass is 307 g/mol. The third-order valence-electron chi connectivity index (χ3n) is 3.46. The Hall–Kier alpha value is -2.95. The van der Waals surface area contributed by atoms with Crippen LogP contribution in [0.3, 0.4) is 0 Å². The Morgan fingerprint density at radius 3 is 2.83 bits per heavy atom. The molecule has 1 aromatic carbocycles. The van der Waals surface area contributed by atoms with Gasteiger partial charge in [0.15, 0.2) is 0 Å². The highest BCUT2D eigenvalue weighted by atomic mass is 16.5. The number of hydrogen-bond donors (Lipinski definition) is 1. The minimum absolute atomic E-state index is 0.327. The van der Waals surface area contributed by atoms with Crippen molar-refractivity contribution >= 4 is 22.6 Å². The van der Waals surface area contributed by atoms with Gasteiger partial charge in [-0.25, -0.2) is 4.79 Å². The van der Waals surface area contributed by atoms with Gasteiger partial charge >= 0.3 is 5.97 Å². The first-order chi connectivity index (χ1) is 11.3. The van der Waals surface area contributed by atoms with Gasteiger partial charge in [0, 0.05) is 30.5 Å². The van der Waals surface area contributed by atoms with Gasteiger partial charge in [-0.2, -0.15) is 0 Å². The van der Waals surface area contributed by atoms with Crippen molar-refractivity contribution in [3.63, 3.8) is 0 Å². The summed E-state index contributed by atoms with van der Waals surface area (Å²) in [6, 6.07) is 11.6. The number of aromatic nitrogens is 2. The molecule has 3 rings (SSSR count). The zero-order valence-electron chi connectivity index (χ0n) is 12.8. The van der Waals surface area contributed by atoms with Crippen molar-refractivity contribution in [1.82, 2.24) is 9.97 Å². The van der Waals surface area contributed by atoms with Crippen LogP contribution < -0.4 is 5.32 Å². The first-order valence-corrected chi connectivity index (χ1v) is 7.47. The van der Waals surface area contributed by atoms with E-state index in [4.69, 9.17) is 4.74 Å². The van der Waals surface area contributed by atoms with Gasteiger partial charge < -0.3 is 10.1 Å². The van der Waals surface area contributed by atoms with E-state index in [0.717, 1.165) is 22.2 Å². The molecule has 0 aliphatic rings. The molecule has 2 heterocycles. The third kappa shape index (κ3) is 3.29. The van der Waals surface area contributed by atoms with Crippen LogP contribution in [0.2, 0.25) is 0 Å². The number of rotatable bonds is 5. The quantitative estimate of drug-likeness (QED) is 0.732. The maximum atomic E-state index is 12.2. The molecule has 5 heteroatoms. The number of hydrogen-bond acceptors (Lipinski definition) is 5. The first kappa shape index (κ1) is 15.0. The molecule has 23 heavy (non-hydrogen) atoms. The summed E-state index contributed by atoms with van der Waals surface area (Å²) in [5.41, 5.74) is 3.03. The number of pyridine rings is 2. The number of esters is 1. The van der Waals surface area contributed by atoms with E-state index in [9.17, 15) is 4.79 Å². The standard InChI is InChI=1S/C18H17N3O2/c1-2-23-18(22)15-12-20-16-8-4-3-7-14(16)17(15)21-11-13-6-5-9-19-10-13/h3-10,12H,2,11H2,1H3,(H,20,21). The Bertz CT molecular complexity index is 819. The number of ether oxygens (including phenoxy) is 1. The van der Waals surface area contributed by atoms with Crippen LogP contribution in [0.25, 0.3) is 10.9 Å². The van der Waals surface area contributed by atoms with Crippen LogP contribution >= 0.6 is 0 Å². The van der Waals surface area contributed by atoms with E-state index in [1.807, 2.05) is 36.4 Å². The van der Waals surface area contributed by atoms with Gasteiger partial charge in [0.25, 0.3) is 0 Å². The molecule has 0 amide bonds. The van der Waals surface area contributed by atoms with Gasteiger partial charge in [-0.1, -0.05) is 24.3 Å². The van der Waals surface area contributed by atoms with Gasteiger partial charge in [-0.15, -0.1) is 0 Å². The molecule has 3 aromatic rings. The molecule has 0 unspecified atom stereocenters. The first-order valence-electron chi connectivity index (χ1n) is 7.47. The van der Waals surface area contributed by atoms with Gasteiger partial charge in [-0.3, -0.25) is 9.97 Å². The number of benzene rings is 1. The van der Waals surface area contributed by atoms with Crippen molar-refractivity contribution in [3.8, 4) is 0 Å². The highest BCUT2D eigenvalue weighted by Gasteiger charge is 2.16. The summed E-state index contributed by atoms with van der Waals surface area (Å²) in [6.07, 6.45) is 5.09. The molecule has 0 bridgehead atoms. The second kappa shape index (κ2) is 6.87. The lowest BCUT2D eigenvalue weighted by atomic mass is 10.1. The van der Waals surface area contributed by atoms with Crippen LogP contribution in [0.1, 0.15) is 22.8 Å². The summed E-state index contributed by atoms with van der Waals surface area (Å²) in [7, 11) is 0. The minimum Gasteiger partial charge on any atom is -0.462 e. The number of para-hydroxylation sites is 1. The number of carbonyl (C=O) groups excluding carboxylic acids is 1. The van der Waals surface area contributed by atoms with Crippen molar-refractivity contribution in [3.05, 3.63) is 66.1 Å². The molecule has 0 fully saturated rings. The molecule has 116 valence electrons. The van der Waals surface area contributed by atoms with Gasteiger partial charge in [-0.05, 0) is 24.6 Å². The molecule has 5 nitrogen and oxygen atoms in total. The minimum atomic E-state index is -0.376. The SMILES string of the molecule is CCOC(=O)c1cnc2ccccc2c1NCc1cccnc1. The topological polar surface area (TPSA) is 64.1 Å². The Kier molecular flexibility index (Phi) is 4.47. The maximum absolute atomic E-state index is 12.2. The molecule has 0 aliphatic heterocycles. The van der Waals surface area contributed by atoms with E-state index in [2.05, 4.69) is 15.3 Å². The summed E-state index contributed by atoms with van der Waals surface area (Å²) in [5.74, 6) is -0.376. The Morgan fingerprint density at radius 2 is 2.04 bits per heavy atom. The lowest BCUT2D eigenvalue weighted by Gasteiger charge is -2.14. The summed E-state index contributed by atoms with van der Waals surface area (Å²) in [5, 5.41) is 4.22. The van der Waals surface area contributed by atoms with Crippen molar-refractivity contribution in [2.24, 2.45) is 0 Å². The highest BCUT2D eigenvalue weighted by molar-refractivity contribution is 6.04. The lowest BCUT2D eigenvalue weighted by molar-refractivity contribution is 0.0527. The van der Waals surface area contributed by atoms with E-state index in [1.165, 1.54) is 0 Å². The van der Waals surface area contributed by atoms with Crippen molar-refractivity contribution < 1.29 is 9.53 Å². The van der Waals surface area contributed by atoms with Crippen LogP contribution in [0.4, 0.5) is 5.69 Å². The van der Waals surface area contributed by atoms with Crippen LogP contribution in [-0.2, 0) is 11.3 Å². The molecule has 0 saturated carbocycles. The van der Waals surface area contributed by atoms with E-state index in [1.54, 1.807) is 25.5 Å². The molecule has 0 saturated heterocycles. The van der Waals surface area contributed by atoms with Crippen molar-refractivity contribution in [2.75, 3.05) is 11.9 Å². The molecule has 0 spiro atoms. The number of nitrogens with one attached hydrogen (secondary N) is 1. The van der Waals surface area contributed by atoms with Crippen LogP contribution in [0.5, 0.6) is 0 Å². The molecule has 0 atom stereocenters. The van der Waals surface area contributed by atoms with E-state index in [-0.39, 0.29) is 5.97 Å². The number of fused-ring (bicyclic) bond motifs is 1. The van der Waals surface area contributed by atoms with Crippen molar-refractivity contribution in [1.29, 1.82) is 0 Å². The second-order valence-electron chi connectivity index (χ2n) is 5.00. The fraction of sp³-hybridized carbons (Fsp3) is 0.167. The van der Waals surface area contributed by atoms with E-state index >= 15 is 0 Å². The fourth-order valence-corrected chi connectivity index (χ4v) is 2.39. The van der Waals surface area contributed by atoms with E-state index in [0.29, 0.717) is 18.7 Å². The Morgan fingerprint density at radius 1 is 1.17 bits per heavy atom. The molecular formula is C18H17N3O2. The Labute approximate surface area is 134 Å².